The number of anilines is 1. The number of nitrogens with zero attached hydrogens (tertiary/aromatic N) is 1. The van der Waals surface area contributed by atoms with Crippen LogP contribution in [0.1, 0.15) is 48.6 Å². The summed E-state index contributed by atoms with van der Waals surface area (Å²) in [7, 11) is 0. The average Bonchev–Trinajstić information content (AvgIpc) is 3.23. The smallest absolute Gasteiger partial charge is 0.240 e. The first-order chi connectivity index (χ1) is 19.1. The van der Waals surface area contributed by atoms with Gasteiger partial charge in [-0.3, -0.25) is 9.59 Å². The summed E-state index contributed by atoms with van der Waals surface area (Å²) in [5, 5.41) is 0. The molecule has 2 amide bonds. The van der Waals surface area contributed by atoms with E-state index in [9.17, 15) is 9.59 Å². The SMILES string of the molecule is CC(C)(C)c1ccc(Oc2ccc(N3C(=O)[C@@H]4[C@H](C3=O)C3(Cl)c5ccccc5C4(Cl)c4ccccc43)cc2)cc1. The number of ether oxygens (including phenoxy) is 1. The van der Waals surface area contributed by atoms with E-state index in [-0.39, 0.29) is 17.2 Å². The number of hydrogen-bond acceptors (Lipinski definition) is 3. The Morgan fingerprint density at radius 1 is 0.625 bits per heavy atom. The van der Waals surface area contributed by atoms with Crippen molar-refractivity contribution in [3.63, 3.8) is 0 Å². The Kier molecular flexibility index (Phi) is 5.36. The first-order valence-corrected chi connectivity index (χ1v) is 14.2. The maximum absolute atomic E-state index is 14.1. The van der Waals surface area contributed by atoms with Crippen molar-refractivity contribution in [2.24, 2.45) is 11.8 Å². The average molecular weight is 569 g/mol. The molecule has 1 aliphatic heterocycles. The summed E-state index contributed by atoms with van der Waals surface area (Å²) < 4.78 is 6.04. The first-order valence-electron chi connectivity index (χ1n) is 13.4. The minimum atomic E-state index is -1.20. The number of carbonyl (C=O) groups is 2. The second kappa shape index (κ2) is 8.45. The van der Waals surface area contributed by atoms with E-state index in [0.717, 1.165) is 22.3 Å². The molecule has 1 heterocycles. The lowest BCUT2D eigenvalue weighted by molar-refractivity contribution is -0.122. The Hall–Kier alpha value is -3.60. The lowest BCUT2D eigenvalue weighted by Crippen LogP contribution is -2.57. The van der Waals surface area contributed by atoms with Crippen LogP contribution in [0.25, 0.3) is 0 Å². The van der Waals surface area contributed by atoms with Gasteiger partial charge in [0.15, 0.2) is 0 Å². The summed E-state index contributed by atoms with van der Waals surface area (Å²) in [6, 6.07) is 30.3. The van der Waals surface area contributed by atoms with Gasteiger partial charge >= 0.3 is 0 Å². The Morgan fingerprint density at radius 3 is 1.38 bits per heavy atom. The van der Waals surface area contributed by atoms with E-state index < -0.39 is 21.6 Å². The number of hydrogen-bond donors (Lipinski definition) is 0. The number of imide groups is 1. The lowest BCUT2D eigenvalue weighted by Gasteiger charge is -2.54. The van der Waals surface area contributed by atoms with Gasteiger partial charge in [-0.15, -0.1) is 23.2 Å². The number of halogens is 2. The molecule has 2 atom stereocenters. The van der Waals surface area contributed by atoms with Crippen LogP contribution in [0.3, 0.4) is 0 Å². The molecule has 3 aliphatic carbocycles. The van der Waals surface area contributed by atoms with Crippen molar-refractivity contribution in [2.75, 3.05) is 4.90 Å². The zero-order chi connectivity index (χ0) is 28.0. The van der Waals surface area contributed by atoms with Gasteiger partial charge in [0.1, 0.15) is 21.2 Å². The van der Waals surface area contributed by atoms with E-state index >= 15 is 0 Å². The lowest BCUT2D eigenvalue weighted by atomic mass is 9.54. The maximum Gasteiger partial charge on any atom is 0.240 e. The Bertz CT molecular complexity index is 1570. The number of carbonyl (C=O) groups excluding carboxylic acids is 2. The van der Waals surface area contributed by atoms with Crippen LogP contribution >= 0.6 is 23.2 Å². The molecule has 1 fully saturated rings. The standard InChI is InChI=1S/C34H27Cl2NO3/c1-32(2,3)20-12-16-22(17-13-20)40-23-18-14-21(15-19-23)37-30(38)28-29(31(37)39)34(36)25-9-5-4-8-24(25)33(28,35)26-10-6-7-11-27(26)34/h4-19,28-29H,1-3H3/t28-,29+,33?,34?. The molecule has 200 valence electrons. The summed E-state index contributed by atoms with van der Waals surface area (Å²) in [5.41, 5.74) is 4.89. The zero-order valence-corrected chi connectivity index (χ0v) is 23.8. The van der Waals surface area contributed by atoms with Gasteiger partial charge < -0.3 is 4.74 Å². The van der Waals surface area contributed by atoms with Gasteiger partial charge in [0.05, 0.1) is 17.5 Å². The molecule has 0 unspecified atom stereocenters. The highest BCUT2D eigenvalue weighted by Gasteiger charge is 2.73. The molecular weight excluding hydrogens is 541 g/mol. The molecule has 4 aromatic rings. The van der Waals surface area contributed by atoms with Crippen LogP contribution in [-0.2, 0) is 24.8 Å². The number of benzene rings is 4. The first kappa shape index (κ1) is 25.4. The fourth-order valence-electron chi connectivity index (χ4n) is 6.74. The molecular formula is C34H27Cl2NO3. The molecule has 2 bridgehead atoms. The second-order valence-electron chi connectivity index (χ2n) is 11.9. The fourth-order valence-corrected chi connectivity index (χ4v) is 7.84. The molecule has 4 nitrogen and oxygen atoms in total. The third-order valence-corrected chi connectivity index (χ3v) is 9.92. The molecule has 0 N–H and O–H groups in total. The van der Waals surface area contributed by atoms with Crippen LogP contribution in [-0.4, -0.2) is 11.8 Å². The predicted octanol–water partition coefficient (Wildman–Crippen LogP) is 7.87. The van der Waals surface area contributed by atoms with E-state index in [1.807, 2.05) is 60.7 Å². The summed E-state index contributed by atoms with van der Waals surface area (Å²) in [6.07, 6.45) is 0. The van der Waals surface area contributed by atoms with Gasteiger partial charge in [0.2, 0.25) is 11.8 Å². The third-order valence-electron chi connectivity index (χ3n) is 8.64. The van der Waals surface area contributed by atoms with Crippen LogP contribution in [0.4, 0.5) is 5.69 Å². The second-order valence-corrected chi connectivity index (χ2v) is 13.0. The van der Waals surface area contributed by atoms with Crippen LogP contribution in [0, 0.1) is 11.8 Å². The fraction of sp³-hybridized carbons (Fsp3) is 0.235. The van der Waals surface area contributed by atoms with Crippen LogP contribution in [0.5, 0.6) is 11.5 Å². The van der Waals surface area contributed by atoms with Crippen LogP contribution < -0.4 is 9.64 Å². The Balaban J connectivity index is 1.24. The summed E-state index contributed by atoms with van der Waals surface area (Å²) in [6.45, 7) is 6.50. The van der Waals surface area contributed by atoms with Gasteiger partial charge in [-0.05, 0) is 69.6 Å². The zero-order valence-electron chi connectivity index (χ0n) is 22.3. The van der Waals surface area contributed by atoms with Crippen molar-refractivity contribution >= 4 is 40.7 Å². The Labute approximate surface area is 243 Å². The highest BCUT2D eigenvalue weighted by molar-refractivity contribution is 6.38. The Morgan fingerprint density at radius 2 is 1.00 bits per heavy atom. The van der Waals surface area contributed by atoms with Crippen molar-refractivity contribution in [3.8, 4) is 11.5 Å². The molecule has 8 rings (SSSR count). The monoisotopic (exact) mass is 567 g/mol. The van der Waals surface area contributed by atoms with Crippen LogP contribution in [0.15, 0.2) is 97.1 Å². The molecule has 0 spiro atoms. The minimum Gasteiger partial charge on any atom is -0.457 e. The highest BCUT2D eigenvalue weighted by Crippen LogP contribution is 2.69. The molecule has 0 saturated carbocycles. The van der Waals surface area contributed by atoms with Crippen LogP contribution in [0.2, 0.25) is 0 Å². The van der Waals surface area contributed by atoms with E-state index in [0.29, 0.717) is 17.2 Å². The maximum atomic E-state index is 14.1. The molecule has 0 aromatic heterocycles. The number of rotatable bonds is 3. The topological polar surface area (TPSA) is 46.6 Å². The minimum absolute atomic E-state index is 0.0532. The predicted molar refractivity (Wildman–Crippen MR) is 157 cm³/mol. The molecule has 4 aromatic carbocycles. The normalized spacial score (nSPS) is 26.4. The van der Waals surface area contributed by atoms with Crippen molar-refractivity contribution in [1.82, 2.24) is 0 Å². The molecule has 40 heavy (non-hydrogen) atoms. The van der Waals surface area contributed by atoms with Gasteiger partial charge in [0.25, 0.3) is 0 Å². The molecule has 1 saturated heterocycles. The van der Waals surface area contributed by atoms with E-state index in [1.165, 1.54) is 10.5 Å². The van der Waals surface area contributed by atoms with Crippen molar-refractivity contribution in [1.29, 1.82) is 0 Å². The van der Waals surface area contributed by atoms with Gasteiger partial charge in [0, 0.05) is 0 Å². The van der Waals surface area contributed by atoms with E-state index in [2.05, 4.69) is 32.9 Å². The van der Waals surface area contributed by atoms with Crippen molar-refractivity contribution in [2.45, 2.75) is 35.9 Å². The summed E-state index contributed by atoms with van der Waals surface area (Å²) in [4.78, 5) is 27.1. The van der Waals surface area contributed by atoms with Crippen molar-refractivity contribution in [3.05, 3.63) is 125 Å². The van der Waals surface area contributed by atoms with E-state index in [1.54, 1.807) is 24.3 Å². The van der Waals surface area contributed by atoms with Gasteiger partial charge in [-0.2, -0.15) is 0 Å². The third kappa shape index (κ3) is 3.27. The van der Waals surface area contributed by atoms with Gasteiger partial charge in [-0.25, -0.2) is 4.90 Å². The quantitative estimate of drug-likeness (QED) is 0.187. The number of amides is 2. The number of alkyl halides is 2. The van der Waals surface area contributed by atoms with Crippen molar-refractivity contribution < 1.29 is 14.3 Å². The molecule has 6 heteroatoms. The highest BCUT2D eigenvalue weighted by atomic mass is 35.5. The molecule has 4 aliphatic rings. The molecule has 0 radical (unpaired) electrons. The summed E-state index contributed by atoms with van der Waals surface area (Å²) >= 11 is 15.0. The van der Waals surface area contributed by atoms with E-state index in [4.69, 9.17) is 27.9 Å². The largest absolute Gasteiger partial charge is 0.457 e. The summed E-state index contributed by atoms with van der Waals surface area (Å²) in [5.74, 6) is -1.04. The van der Waals surface area contributed by atoms with Gasteiger partial charge in [-0.1, -0.05) is 81.4 Å².